The van der Waals surface area contributed by atoms with Gasteiger partial charge in [0.1, 0.15) is 18.2 Å². The number of carbonyl (C=O) groups is 1. The molecule has 1 unspecified atom stereocenters. The number of anilines is 2. The number of carbonyl (C=O) groups excluding carboxylic acids is 1. The van der Waals surface area contributed by atoms with Gasteiger partial charge in [-0.1, -0.05) is 24.6 Å². The Balaban J connectivity index is 1.59. The molecule has 1 fully saturated rings. The number of aromatic nitrogens is 4. The molecule has 1 aromatic carbocycles. The maximum Gasteiger partial charge on any atom is 0.254 e. The lowest BCUT2D eigenvalue weighted by atomic mass is 10.2. The van der Waals surface area contributed by atoms with Crippen LogP contribution in [0.25, 0.3) is 5.78 Å². The summed E-state index contributed by atoms with van der Waals surface area (Å²) in [6.45, 7) is 4.78. The van der Waals surface area contributed by atoms with Crippen molar-refractivity contribution in [2.45, 2.75) is 32.7 Å². The number of nitrogens with one attached hydrogen (secondary N) is 1. The molecule has 25 heavy (non-hydrogen) atoms. The molecule has 7 nitrogen and oxygen atoms in total. The van der Waals surface area contributed by atoms with Crippen molar-refractivity contribution in [1.29, 1.82) is 0 Å². The highest BCUT2D eigenvalue weighted by Crippen LogP contribution is 2.24. The van der Waals surface area contributed by atoms with E-state index in [4.69, 9.17) is 0 Å². The van der Waals surface area contributed by atoms with E-state index in [-0.39, 0.29) is 11.9 Å². The summed E-state index contributed by atoms with van der Waals surface area (Å²) in [5.41, 5.74) is 3.04. The molecule has 0 bridgehead atoms. The summed E-state index contributed by atoms with van der Waals surface area (Å²) in [6.07, 6.45) is 3.01. The van der Waals surface area contributed by atoms with Gasteiger partial charge in [0.25, 0.3) is 5.78 Å². The van der Waals surface area contributed by atoms with Crippen molar-refractivity contribution < 1.29 is 4.79 Å². The van der Waals surface area contributed by atoms with Crippen LogP contribution in [0.2, 0.25) is 0 Å². The van der Waals surface area contributed by atoms with Crippen molar-refractivity contribution in [1.82, 2.24) is 19.6 Å². The van der Waals surface area contributed by atoms with Crippen molar-refractivity contribution in [3.05, 3.63) is 47.9 Å². The van der Waals surface area contributed by atoms with Crippen molar-refractivity contribution in [3.63, 3.8) is 0 Å². The molecule has 1 aliphatic heterocycles. The van der Waals surface area contributed by atoms with Gasteiger partial charge in [0.05, 0.1) is 0 Å². The van der Waals surface area contributed by atoms with Crippen LogP contribution in [-0.2, 0) is 11.2 Å². The van der Waals surface area contributed by atoms with E-state index >= 15 is 0 Å². The van der Waals surface area contributed by atoms with Gasteiger partial charge < -0.3 is 10.2 Å². The highest BCUT2D eigenvalue weighted by molar-refractivity contribution is 6.00. The van der Waals surface area contributed by atoms with Crippen LogP contribution in [0.5, 0.6) is 0 Å². The van der Waals surface area contributed by atoms with Crippen LogP contribution in [0.15, 0.2) is 36.7 Å². The molecule has 3 aromatic rings. The highest BCUT2D eigenvalue weighted by atomic mass is 16.2. The van der Waals surface area contributed by atoms with Gasteiger partial charge in [0, 0.05) is 24.0 Å². The van der Waals surface area contributed by atoms with E-state index in [1.165, 1.54) is 11.9 Å². The molecular weight excluding hydrogens is 316 g/mol. The summed E-state index contributed by atoms with van der Waals surface area (Å²) in [4.78, 5) is 23.2. The summed E-state index contributed by atoms with van der Waals surface area (Å²) in [5, 5.41) is 7.54. The highest BCUT2D eigenvalue weighted by Gasteiger charge is 2.33. The zero-order chi connectivity index (χ0) is 17.4. The van der Waals surface area contributed by atoms with Gasteiger partial charge in [-0.2, -0.15) is 14.6 Å². The minimum atomic E-state index is -0.277. The second-order valence-corrected chi connectivity index (χ2v) is 6.27. The van der Waals surface area contributed by atoms with Crippen molar-refractivity contribution in [2.75, 3.05) is 16.8 Å². The zero-order valence-electron chi connectivity index (χ0n) is 14.3. The van der Waals surface area contributed by atoms with Crippen molar-refractivity contribution >= 4 is 23.2 Å². The number of aryl methyl sites for hydroxylation is 2. The molecule has 0 spiro atoms. The Labute approximate surface area is 145 Å². The van der Waals surface area contributed by atoms with Crippen LogP contribution in [-0.4, -0.2) is 38.1 Å². The third kappa shape index (κ3) is 2.82. The molecule has 1 aliphatic rings. The first kappa shape index (κ1) is 15.6. The minimum Gasteiger partial charge on any atom is -0.358 e. The van der Waals surface area contributed by atoms with E-state index in [9.17, 15) is 4.79 Å². The number of hydrogen-bond acceptors (Lipinski definition) is 5. The second-order valence-electron chi connectivity index (χ2n) is 6.27. The van der Waals surface area contributed by atoms with E-state index < -0.39 is 0 Å². The molecular formula is C18H20N6O. The number of amides is 1. The summed E-state index contributed by atoms with van der Waals surface area (Å²) in [5.74, 6) is 1.37. The number of hydrogen-bond donors (Lipinski definition) is 1. The Hall–Kier alpha value is -2.96. The Bertz CT molecular complexity index is 917. The van der Waals surface area contributed by atoms with Gasteiger partial charge >= 0.3 is 0 Å². The molecule has 0 radical (unpaired) electrons. The average molecular weight is 336 g/mol. The van der Waals surface area contributed by atoms with Crippen LogP contribution in [0.4, 0.5) is 11.5 Å². The quantitative estimate of drug-likeness (QED) is 0.790. The molecule has 1 amide bonds. The first-order chi connectivity index (χ1) is 12.2. The number of nitrogens with zero attached hydrogens (tertiary/aromatic N) is 5. The Kier molecular flexibility index (Phi) is 3.83. The molecule has 3 heterocycles. The smallest absolute Gasteiger partial charge is 0.254 e. The molecule has 1 N–H and O–H groups in total. The summed E-state index contributed by atoms with van der Waals surface area (Å²) < 4.78 is 1.64. The normalized spacial score (nSPS) is 17.4. The van der Waals surface area contributed by atoms with E-state index in [1.54, 1.807) is 4.52 Å². The van der Waals surface area contributed by atoms with Gasteiger partial charge in [-0.05, 0) is 31.9 Å². The van der Waals surface area contributed by atoms with Crippen LogP contribution in [0.1, 0.15) is 24.6 Å². The topological polar surface area (TPSA) is 75.4 Å². The fourth-order valence-electron chi connectivity index (χ4n) is 3.12. The molecule has 1 saturated heterocycles. The molecule has 1 atom stereocenters. The molecule has 0 aliphatic carbocycles. The maximum atomic E-state index is 12.8. The lowest BCUT2D eigenvalue weighted by Gasteiger charge is -2.18. The summed E-state index contributed by atoms with van der Waals surface area (Å²) in [6, 6.07) is 9.70. The fourth-order valence-corrected chi connectivity index (χ4v) is 3.12. The van der Waals surface area contributed by atoms with E-state index in [0.29, 0.717) is 12.3 Å². The Morgan fingerprint density at radius 2 is 2.08 bits per heavy atom. The molecule has 2 aromatic heterocycles. The van der Waals surface area contributed by atoms with Gasteiger partial charge in [0.15, 0.2) is 0 Å². The molecule has 4 rings (SSSR count). The third-order valence-corrected chi connectivity index (χ3v) is 4.54. The van der Waals surface area contributed by atoms with Crippen molar-refractivity contribution in [2.24, 2.45) is 0 Å². The van der Waals surface area contributed by atoms with Crippen LogP contribution < -0.4 is 10.2 Å². The van der Waals surface area contributed by atoms with E-state index in [2.05, 4.69) is 20.4 Å². The Morgan fingerprint density at radius 1 is 1.28 bits per heavy atom. The van der Waals surface area contributed by atoms with Gasteiger partial charge in [-0.15, -0.1) is 0 Å². The van der Waals surface area contributed by atoms with E-state index in [1.807, 2.05) is 49.1 Å². The number of rotatable bonds is 4. The van der Waals surface area contributed by atoms with Gasteiger partial charge in [-0.3, -0.25) is 4.79 Å². The average Bonchev–Trinajstić information content (AvgIpc) is 3.23. The minimum absolute atomic E-state index is 0.0759. The predicted molar refractivity (Wildman–Crippen MR) is 95.7 cm³/mol. The Morgan fingerprint density at radius 3 is 2.84 bits per heavy atom. The summed E-state index contributed by atoms with van der Waals surface area (Å²) >= 11 is 0. The molecule has 0 saturated carbocycles. The first-order valence-electron chi connectivity index (χ1n) is 8.50. The lowest BCUT2D eigenvalue weighted by Crippen LogP contribution is -2.34. The fraction of sp³-hybridized carbons (Fsp3) is 0.333. The van der Waals surface area contributed by atoms with Gasteiger partial charge in [0.2, 0.25) is 5.91 Å². The SMILES string of the molecule is CCc1cc(NC2CCN(c3ccc(C)cc3)C2=O)n2ncnc2n1. The van der Waals surface area contributed by atoms with Crippen LogP contribution >= 0.6 is 0 Å². The lowest BCUT2D eigenvalue weighted by molar-refractivity contribution is -0.117. The second kappa shape index (κ2) is 6.16. The monoisotopic (exact) mass is 336 g/mol. The largest absolute Gasteiger partial charge is 0.358 e. The standard InChI is InChI=1S/C18H20N6O/c1-3-13-10-16(24-18(21-13)19-11-20-24)22-15-8-9-23(17(15)25)14-6-4-12(2)5-7-14/h4-7,10-11,15,22H,3,8-9H2,1-2H3. The third-order valence-electron chi connectivity index (χ3n) is 4.54. The summed E-state index contributed by atoms with van der Waals surface area (Å²) in [7, 11) is 0. The predicted octanol–water partition coefficient (Wildman–Crippen LogP) is 2.21. The zero-order valence-corrected chi connectivity index (χ0v) is 14.3. The van der Waals surface area contributed by atoms with E-state index in [0.717, 1.165) is 30.0 Å². The maximum absolute atomic E-state index is 12.8. The van der Waals surface area contributed by atoms with Gasteiger partial charge in [-0.25, -0.2) is 4.98 Å². The molecule has 128 valence electrons. The molecule has 7 heteroatoms. The van der Waals surface area contributed by atoms with Crippen LogP contribution in [0.3, 0.4) is 0 Å². The number of fused-ring (bicyclic) bond motifs is 1. The first-order valence-corrected chi connectivity index (χ1v) is 8.50. The van der Waals surface area contributed by atoms with Crippen molar-refractivity contribution in [3.8, 4) is 0 Å². The number of benzene rings is 1. The van der Waals surface area contributed by atoms with Crippen LogP contribution in [0, 0.1) is 6.92 Å².